The molecule has 0 amide bonds. The topological polar surface area (TPSA) is 50.4 Å². The van der Waals surface area contributed by atoms with Crippen molar-refractivity contribution in [2.75, 3.05) is 0 Å². The lowest BCUT2D eigenvalue weighted by molar-refractivity contribution is -0.143. The van der Waals surface area contributed by atoms with Crippen molar-refractivity contribution < 1.29 is 14.3 Å². The minimum Gasteiger partial charge on any atom is -0.481 e. The first kappa shape index (κ1) is 8.77. The van der Waals surface area contributed by atoms with Crippen molar-refractivity contribution in [1.82, 2.24) is 0 Å². The number of fused-ring (bicyclic) bond motifs is 2. The van der Waals surface area contributed by atoms with Crippen molar-refractivity contribution in [2.24, 2.45) is 17.8 Å². The Morgan fingerprint density at radius 3 is 2.87 bits per heavy atom. The van der Waals surface area contributed by atoms with E-state index in [2.05, 4.69) is 6.08 Å². The average molecular weight is 204 g/mol. The van der Waals surface area contributed by atoms with Gasteiger partial charge in [0, 0.05) is 5.92 Å². The Bertz CT molecular complexity index is 405. The number of aliphatic carboxylic acids is 1. The van der Waals surface area contributed by atoms with Crippen LogP contribution in [0.25, 0.3) is 0 Å². The van der Waals surface area contributed by atoms with Gasteiger partial charge >= 0.3 is 5.97 Å². The molecule has 78 valence electrons. The van der Waals surface area contributed by atoms with Crippen LogP contribution < -0.4 is 0 Å². The van der Waals surface area contributed by atoms with E-state index in [4.69, 9.17) is 4.42 Å². The molecule has 0 aromatic carbocycles. The molecule has 2 bridgehead atoms. The molecule has 2 aliphatic rings. The van der Waals surface area contributed by atoms with Crippen LogP contribution >= 0.6 is 0 Å². The fourth-order valence-corrected chi connectivity index (χ4v) is 3.03. The van der Waals surface area contributed by atoms with Crippen LogP contribution in [0.3, 0.4) is 0 Å². The number of carboxylic acids is 1. The standard InChI is InChI=1S/C12H12O3/c13-12(14)11-8-4-3-7(6-8)10(11)9-2-1-5-15-9/h1-5,7-8,10-11H,6H2,(H,13,14). The molecule has 0 saturated heterocycles. The molecule has 1 aromatic rings. The fourth-order valence-electron chi connectivity index (χ4n) is 3.03. The smallest absolute Gasteiger partial charge is 0.307 e. The number of allylic oxidation sites excluding steroid dienone is 2. The van der Waals surface area contributed by atoms with Crippen LogP contribution in [-0.2, 0) is 4.79 Å². The van der Waals surface area contributed by atoms with Crippen LogP contribution in [0.2, 0.25) is 0 Å². The Morgan fingerprint density at radius 1 is 1.40 bits per heavy atom. The third kappa shape index (κ3) is 1.16. The molecule has 2 aliphatic carbocycles. The zero-order valence-electron chi connectivity index (χ0n) is 8.17. The van der Waals surface area contributed by atoms with Crippen molar-refractivity contribution in [2.45, 2.75) is 12.3 Å². The van der Waals surface area contributed by atoms with Gasteiger partial charge in [-0.05, 0) is 30.4 Å². The first-order valence-corrected chi connectivity index (χ1v) is 5.22. The summed E-state index contributed by atoms with van der Waals surface area (Å²) in [5.74, 6) is 0.399. The summed E-state index contributed by atoms with van der Waals surface area (Å²) in [5.41, 5.74) is 0. The van der Waals surface area contributed by atoms with E-state index in [-0.39, 0.29) is 17.8 Å². The zero-order chi connectivity index (χ0) is 10.4. The molecule has 1 fully saturated rings. The van der Waals surface area contributed by atoms with Crippen molar-refractivity contribution >= 4 is 5.97 Å². The Morgan fingerprint density at radius 2 is 2.20 bits per heavy atom. The van der Waals surface area contributed by atoms with Gasteiger partial charge in [0.05, 0.1) is 12.2 Å². The van der Waals surface area contributed by atoms with Gasteiger partial charge in [0.25, 0.3) is 0 Å². The van der Waals surface area contributed by atoms with Gasteiger partial charge in [0.1, 0.15) is 5.76 Å². The summed E-state index contributed by atoms with van der Waals surface area (Å²) in [6, 6.07) is 3.71. The summed E-state index contributed by atoms with van der Waals surface area (Å²) in [7, 11) is 0. The number of rotatable bonds is 2. The van der Waals surface area contributed by atoms with E-state index in [0.717, 1.165) is 12.2 Å². The molecule has 3 rings (SSSR count). The van der Waals surface area contributed by atoms with E-state index < -0.39 is 5.97 Å². The van der Waals surface area contributed by atoms with Gasteiger partial charge in [-0.2, -0.15) is 0 Å². The van der Waals surface area contributed by atoms with Crippen LogP contribution in [0.15, 0.2) is 35.0 Å². The maximum Gasteiger partial charge on any atom is 0.307 e. The van der Waals surface area contributed by atoms with E-state index in [1.54, 1.807) is 6.26 Å². The number of carboxylic acid groups (broad SMARTS) is 1. The van der Waals surface area contributed by atoms with Crippen LogP contribution in [0.1, 0.15) is 18.1 Å². The highest BCUT2D eigenvalue weighted by Crippen LogP contribution is 2.53. The third-order valence-corrected chi connectivity index (χ3v) is 3.62. The minimum absolute atomic E-state index is 0.0347. The summed E-state index contributed by atoms with van der Waals surface area (Å²) in [5, 5.41) is 9.23. The van der Waals surface area contributed by atoms with E-state index in [1.807, 2.05) is 18.2 Å². The van der Waals surface area contributed by atoms with Crippen LogP contribution in [0.5, 0.6) is 0 Å². The number of carbonyl (C=O) groups is 1. The summed E-state index contributed by atoms with van der Waals surface area (Å²) < 4.78 is 5.35. The number of furan rings is 1. The molecule has 15 heavy (non-hydrogen) atoms. The molecule has 0 aliphatic heterocycles. The maximum atomic E-state index is 11.2. The molecule has 1 aromatic heterocycles. The highest BCUT2D eigenvalue weighted by Gasteiger charge is 2.50. The van der Waals surface area contributed by atoms with Crippen LogP contribution in [-0.4, -0.2) is 11.1 Å². The van der Waals surface area contributed by atoms with Crippen molar-refractivity contribution in [3.8, 4) is 0 Å². The van der Waals surface area contributed by atoms with Gasteiger partial charge < -0.3 is 9.52 Å². The highest BCUT2D eigenvalue weighted by atomic mass is 16.4. The lowest BCUT2D eigenvalue weighted by Gasteiger charge is -2.22. The summed E-state index contributed by atoms with van der Waals surface area (Å²) in [6.45, 7) is 0. The maximum absolute atomic E-state index is 11.2. The second-order valence-corrected chi connectivity index (χ2v) is 4.35. The van der Waals surface area contributed by atoms with E-state index >= 15 is 0 Å². The lowest BCUT2D eigenvalue weighted by atomic mass is 9.81. The van der Waals surface area contributed by atoms with Gasteiger partial charge in [-0.1, -0.05) is 12.2 Å². The Kier molecular flexibility index (Phi) is 1.75. The van der Waals surface area contributed by atoms with E-state index in [1.165, 1.54) is 0 Å². The molecule has 3 nitrogen and oxygen atoms in total. The quantitative estimate of drug-likeness (QED) is 0.752. The second kappa shape index (κ2) is 2.99. The van der Waals surface area contributed by atoms with Crippen molar-refractivity contribution in [3.05, 3.63) is 36.3 Å². The van der Waals surface area contributed by atoms with Crippen LogP contribution in [0.4, 0.5) is 0 Å². The summed E-state index contributed by atoms with van der Waals surface area (Å²) in [6.07, 6.45) is 6.76. The molecule has 1 saturated carbocycles. The summed E-state index contributed by atoms with van der Waals surface area (Å²) in [4.78, 5) is 11.2. The minimum atomic E-state index is -0.701. The van der Waals surface area contributed by atoms with E-state index in [0.29, 0.717) is 5.92 Å². The molecule has 4 atom stereocenters. The summed E-state index contributed by atoms with van der Waals surface area (Å²) >= 11 is 0. The van der Waals surface area contributed by atoms with Gasteiger partial charge in [-0.25, -0.2) is 0 Å². The van der Waals surface area contributed by atoms with Crippen LogP contribution in [0, 0.1) is 17.8 Å². The third-order valence-electron chi connectivity index (χ3n) is 3.62. The largest absolute Gasteiger partial charge is 0.481 e. The first-order chi connectivity index (χ1) is 7.27. The zero-order valence-corrected chi connectivity index (χ0v) is 8.17. The number of hydrogen-bond donors (Lipinski definition) is 1. The Hall–Kier alpha value is -1.51. The SMILES string of the molecule is O=C(O)C1C2C=CC(C2)C1c1ccco1. The highest BCUT2D eigenvalue weighted by molar-refractivity contribution is 5.73. The molecule has 3 heteroatoms. The predicted octanol–water partition coefficient (Wildman–Crippen LogP) is 2.27. The van der Waals surface area contributed by atoms with Gasteiger partial charge in [-0.3, -0.25) is 4.79 Å². The molecule has 0 radical (unpaired) electrons. The molecular weight excluding hydrogens is 192 g/mol. The number of hydrogen-bond acceptors (Lipinski definition) is 2. The second-order valence-electron chi connectivity index (χ2n) is 4.35. The van der Waals surface area contributed by atoms with Crippen molar-refractivity contribution in [3.63, 3.8) is 0 Å². The molecule has 0 spiro atoms. The average Bonchev–Trinajstić information content (AvgIpc) is 2.92. The molecular formula is C12H12O3. The molecule has 1 heterocycles. The lowest BCUT2D eigenvalue weighted by Crippen LogP contribution is -2.25. The van der Waals surface area contributed by atoms with E-state index in [9.17, 15) is 9.90 Å². The molecule has 1 N–H and O–H groups in total. The predicted molar refractivity (Wildman–Crippen MR) is 53.3 cm³/mol. The first-order valence-electron chi connectivity index (χ1n) is 5.22. The monoisotopic (exact) mass is 204 g/mol. The van der Waals surface area contributed by atoms with Gasteiger partial charge in [-0.15, -0.1) is 0 Å². The fraction of sp³-hybridized carbons (Fsp3) is 0.417. The van der Waals surface area contributed by atoms with Gasteiger partial charge in [0.2, 0.25) is 0 Å². The Labute approximate surface area is 87.4 Å². The Balaban J connectivity index is 2.00. The molecule has 4 unspecified atom stereocenters. The van der Waals surface area contributed by atoms with Gasteiger partial charge in [0.15, 0.2) is 0 Å². The van der Waals surface area contributed by atoms with Crippen molar-refractivity contribution in [1.29, 1.82) is 0 Å². The normalized spacial score (nSPS) is 37.3.